The maximum absolute atomic E-state index is 12.6. The highest BCUT2D eigenvalue weighted by Gasteiger charge is 2.32. The number of halogens is 4. The third-order valence-electron chi connectivity index (χ3n) is 2.54. The van der Waals surface area contributed by atoms with Crippen molar-refractivity contribution >= 4 is 23.2 Å². The first kappa shape index (κ1) is 15.8. The van der Waals surface area contributed by atoms with Crippen LogP contribution in [0.4, 0.5) is 18.9 Å². The van der Waals surface area contributed by atoms with Crippen LogP contribution in [0, 0.1) is 0 Å². The molecule has 106 valence electrons. The lowest BCUT2D eigenvalue weighted by molar-refractivity contribution is -0.137. The summed E-state index contributed by atoms with van der Waals surface area (Å²) in [4.78, 5) is 11.8. The summed E-state index contributed by atoms with van der Waals surface area (Å²) in [5.41, 5.74) is -2.11. The fourth-order valence-corrected chi connectivity index (χ4v) is 1.43. The highest BCUT2D eigenvalue weighted by Crippen LogP contribution is 2.33. The molecule has 7 heteroatoms. The van der Waals surface area contributed by atoms with Crippen LogP contribution in [0.5, 0.6) is 0 Å². The summed E-state index contributed by atoms with van der Waals surface area (Å²) in [6, 6.07) is 2.84. The van der Waals surface area contributed by atoms with Gasteiger partial charge in [-0.25, -0.2) is 0 Å². The summed E-state index contributed by atoms with van der Waals surface area (Å²) >= 11 is 5.61. The van der Waals surface area contributed by atoms with Gasteiger partial charge in [0.15, 0.2) is 0 Å². The Hall–Kier alpha value is -1.27. The summed E-state index contributed by atoms with van der Waals surface area (Å²) in [6.45, 7) is 3.00. The molecule has 1 aromatic rings. The monoisotopic (exact) mass is 295 g/mol. The zero-order chi connectivity index (χ0) is 14.8. The molecule has 0 unspecified atom stereocenters. The summed E-state index contributed by atoms with van der Waals surface area (Å²) in [7, 11) is 1.33. The van der Waals surface area contributed by atoms with Gasteiger partial charge in [-0.2, -0.15) is 13.2 Å². The average Bonchev–Trinajstić information content (AvgIpc) is 2.27. The van der Waals surface area contributed by atoms with E-state index in [9.17, 15) is 18.0 Å². The van der Waals surface area contributed by atoms with E-state index in [2.05, 4.69) is 5.32 Å². The van der Waals surface area contributed by atoms with Gasteiger partial charge in [-0.1, -0.05) is 11.6 Å². The summed E-state index contributed by atoms with van der Waals surface area (Å²) in [6.07, 6.45) is -4.53. The van der Waals surface area contributed by atoms with Gasteiger partial charge in [-0.15, -0.1) is 0 Å². The maximum Gasteiger partial charge on any atom is 0.416 e. The normalized spacial score (nSPS) is 12.4. The largest absolute Gasteiger partial charge is 0.416 e. The van der Waals surface area contributed by atoms with E-state index in [4.69, 9.17) is 16.3 Å². The summed E-state index contributed by atoms with van der Waals surface area (Å²) in [5, 5.41) is 2.23. The van der Waals surface area contributed by atoms with Gasteiger partial charge in [0.25, 0.3) is 5.91 Å². The third-order valence-corrected chi connectivity index (χ3v) is 2.76. The van der Waals surface area contributed by atoms with Crippen molar-refractivity contribution in [3.63, 3.8) is 0 Å². The molecular weight excluding hydrogens is 283 g/mol. The van der Waals surface area contributed by atoms with Crippen molar-refractivity contribution in [3.05, 3.63) is 28.8 Å². The molecule has 0 aliphatic heterocycles. The number of carbonyl (C=O) groups is 1. The number of nitrogens with one attached hydrogen (secondary N) is 1. The summed E-state index contributed by atoms with van der Waals surface area (Å²) in [5.74, 6) is -0.564. The molecule has 3 nitrogen and oxygen atoms in total. The minimum absolute atomic E-state index is 0.0325. The lowest BCUT2D eigenvalue weighted by Gasteiger charge is -2.22. The molecule has 0 radical (unpaired) electrons. The Labute approximate surface area is 113 Å². The van der Waals surface area contributed by atoms with Crippen LogP contribution in [0.1, 0.15) is 19.4 Å². The second-order valence-corrected chi connectivity index (χ2v) is 4.83. The van der Waals surface area contributed by atoms with Crippen molar-refractivity contribution in [3.8, 4) is 0 Å². The smallest absolute Gasteiger partial charge is 0.369 e. The number of amides is 1. The van der Waals surface area contributed by atoms with E-state index in [0.29, 0.717) is 0 Å². The van der Waals surface area contributed by atoms with Gasteiger partial charge in [0, 0.05) is 17.8 Å². The van der Waals surface area contributed by atoms with Crippen molar-refractivity contribution in [2.24, 2.45) is 0 Å². The average molecular weight is 296 g/mol. The van der Waals surface area contributed by atoms with E-state index >= 15 is 0 Å². The fourth-order valence-electron chi connectivity index (χ4n) is 1.20. The van der Waals surface area contributed by atoms with Gasteiger partial charge in [0.2, 0.25) is 0 Å². The molecule has 0 aliphatic rings. The van der Waals surface area contributed by atoms with Crippen LogP contribution < -0.4 is 5.32 Å². The van der Waals surface area contributed by atoms with Gasteiger partial charge in [-0.05, 0) is 32.0 Å². The molecule has 0 bridgehead atoms. The van der Waals surface area contributed by atoms with E-state index in [1.54, 1.807) is 0 Å². The fraction of sp³-hybridized carbons (Fsp3) is 0.417. The lowest BCUT2D eigenvalue weighted by Crippen LogP contribution is -2.38. The summed E-state index contributed by atoms with van der Waals surface area (Å²) < 4.78 is 42.7. The Kier molecular flexibility index (Phi) is 4.47. The van der Waals surface area contributed by atoms with E-state index in [-0.39, 0.29) is 10.7 Å². The molecule has 0 aromatic heterocycles. The molecule has 0 atom stereocenters. The van der Waals surface area contributed by atoms with E-state index in [1.807, 2.05) is 0 Å². The van der Waals surface area contributed by atoms with E-state index < -0.39 is 23.2 Å². The molecule has 0 heterocycles. The molecule has 0 saturated carbocycles. The number of alkyl halides is 3. The number of methoxy groups -OCH3 is 1. The molecule has 0 aliphatic carbocycles. The molecule has 1 aromatic carbocycles. The number of carbonyl (C=O) groups excluding carboxylic acids is 1. The van der Waals surface area contributed by atoms with Crippen LogP contribution in [0.3, 0.4) is 0 Å². The Morgan fingerprint density at radius 2 is 1.84 bits per heavy atom. The number of ether oxygens (including phenoxy) is 1. The van der Waals surface area contributed by atoms with Crippen molar-refractivity contribution in [2.45, 2.75) is 25.6 Å². The second kappa shape index (κ2) is 5.38. The van der Waals surface area contributed by atoms with Crippen LogP contribution in [-0.2, 0) is 15.7 Å². The zero-order valence-corrected chi connectivity index (χ0v) is 11.3. The van der Waals surface area contributed by atoms with E-state index in [0.717, 1.165) is 12.1 Å². The second-order valence-electron chi connectivity index (χ2n) is 4.39. The molecule has 1 rings (SSSR count). The SMILES string of the molecule is COC(C)(C)C(=O)Nc1cc(Cl)cc(C(F)(F)F)c1. The Bertz CT molecular complexity index is 486. The quantitative estimate of drug-likeness (QED) is 0.923. The molecule has 0 fully saturated rings. The molecule has 0 saturated heterocycles. The number of rotatable bonds is 3. The minimum atomic E-state index is -4.53. The molecule has 1 amide bonds. The maximum atomic E-state index is 12.6. The molecular formula is C12H13ClF3NO2. The van der Waals surface area contributed by atoms with Crippen molar-refractivity contribution in [1.82, 2.24) is 0 Å². The van der Waals surface area contributed by atoms with E-state index in [1.165, 1.54) is 27.0 Å². The Morgan fingerprint density at radius 3 is 2.32 bits per heavy atom. The van der Waals surface area contributed by atoms with Gasteiger partial charge < -0.3 is 10.1 Å². The van der Waals surface area contributed by atoms with Crippen LogP contribution >= 0.6 is 11.6 Å². The first-order chi connectivity index (χ1) is 8.56. The molecule has 0 spiro atoms. The predicted octanol–water partition coefficient (Wildman–Crippen LogP) is 3.72. The first-order valence-electron chi connectivity index (χ1n) is 5.30. The first-order valence-corrected chi connectivity index (χ1v) is 5.68. The molecule has 19 heavy (non-hydrogen) atoms. The van der Waals surface area contributed by atoms with Crippen LogP contribution in [-0.4, -0.2) is 18.6 Å². The van der Waals surface area contributed by atoms with Gasteiger partial charge in [0.05, 0.1) is 5.56 Å². The Balaban J connectivity index is 3.03. The van der Waals surface area contributed by atoms with Gasteiger partial charge in [-0.3, -0.25) is 4.79 Å². The van der Waals surface area contributed by atoms with Crippen molar-refractivity contribution in [1.29, 1.82) is 0 Å². The minimum Gasteiger partial charge on any atom is -0.369 e. The van der Waals surface area contributed by atoms with Gasteiger partial charge in [0.1, 0.15) is 5.60 Å². The highest BCUT2D eigenvalue weighted by atomic mass is 35.5. The lowest BCUT2D eigenvalue weighted by atomic mass is 10.1. The predicted molar refractivity (Wildman–Crippen MR) is 66.2 cm³/mol. The number of benzene rings is 1. The Morgan fingerprint density at radius 1 is 1.26 bits per heavy atom. The third kappa shape index (κ3) is 4.11. The van der Waals surface area contributed by atoms with Crippen LogP contribution in [0.25, 0.3) is 0 Å². The van der Waals surface area contributed by atoms with Crippen molar-refractivity contribution < 1.29 is 22.7 Å². The van der Waals surface area contributed by atoms with Crippen molar-refractivity contribution in [2.75, 3.05) is 12.4 Å². The highest BCUT2D eigenvalue weighted by molar-refractivity contribution is 6.31. The zero-order valence-electron chi connectivity index (χ0n) is 10.6. The standard InChI is InChI=1S/C12H13ClF3NO2/c1-11(2,19-3)10(18)17-9-5-7(12(14,15)16)4-8(13)6-9/h4-6H,1-3H3,(H,17,18). The van der Waals surface area contributed by atoms with Crippen LogP contribution in [0.15, 0.2) is 18.2 Å². The number of hydrogen-bond donors (Lipinski definition) is 1. The number of hydrogen-bond acceptors (Lipinski definition) is 2. The van der Waals surface area contributed by atoms with Gasteiger partial charge >= 0.3 is 6.18 Å². The van der Waals surface area contributed by atoms with Crippen LogP contribution in [0.2, 0.25) is 5.02 Å². The molecule has 1 N–H and O–H groups in total. The topological polar surface area (TPSA) is 38.3 Å². The number of anilines is 1.